The molecule has 0 atom stereocenters. The lowest BCUT2D eigenvalue weighted by molar-refractivity contribution is -0.160. The van der Waals surface area contributed by atoms with Crippen LogP contribution in [-0.4, -0.2) is 59.7 Å². The summed E-state index contributed by atoms with van der Waals surface area (Å²) >= 11 is 0. The molecular formula is C14H19N3O5. The number of carbonyl (C=O) groups is 2. The maximum Gasteiger partial charge on any atom is 0.397 e. The van der Waals surface area contributed by atoms with Gasteiger partial charge in [0.15, 0.2) is 0 Å². The molecule has 2 rings (SSSR count). The molecule has 120 valence electrons. The Labute approximate surface area is 128 Å². The Morgan fingerprint density at radius 1 is 1.36 bits per heavy atom. The molecule has 0 radical (unpaired) electrons. The lowest BCUT2D eigenvalue weighted by atomic mass is 10.1. The minimum atomic E-state index is -0.803. The van der Waals surface area contributed by atoms with Crippen LogP contribution < -0.4 is 9.47 Å². The van der Waals surface area contributed by atoms with Gasteiger partial charge in [0.25, 0.3) is 0 Å². The predicted molar refractivity (Wildman–Crippen MR) is 75.4 cm³/mol. The zero-order valence-electron chi connectivity index (χ0n) is 12.7. The van der Waals surface area contributed by atoms with E-state index < -0.39 is 11.9 Å². The number of esters is 1. The number of aromatic nitrogens is 2. The molecule has 0 bridgehead atoms. The standard InChI is InChI=1S/C14H19N3O5/c1-3-21-13(19)12(18)17-8-5-10(6-9-17)22-11-4-7-15-14(16-11)20-2/h4,7,10H,3,5-6,8-9H2,1-2H3. The number of methoxy groups -OCH3 is 1. The number of rotatable bonds is 4. The molecule has 2 heterocycles. The topological polar surface area (TPSA) is 90.9 Å². The summed E-state index contributed by atoms with van der Waals surface area (Å²) in [6.07, 6.45) is 2.74. The zero-order chi connectivity index (χ0) is 15.9. The van der Waals surface area contributed by atoms with E-state index in [1.165, 1.54) is 12.0 Å². The molecule has 8 heteroatoms. The van der Waals surface area contributed by atoms with Crippen LogP contribution in [0.4, 0.5) is 0 Å². The first-order chi connectivity index (χ1) is 10.6. The third-order valence-electron chi connectivity index (χ3n) is 3.26. The highest BCUT2D eigenvalue weighted by Gasteiger charge is 2.28. The van der Waals surface area contributed by atoms with Crippen LogP contribution in [0.25, 0.3) is 0 Å². The Hall–Kier alpha value is -2.38. The smallest absolute Gasteiger partial charge is 0.397 e. The number of hydrogen-bond donors (Lipinski definition) is 0. The van der Waals surface area contributed by atoms with Crippen LogP contribution in [0.3, 0.4) is 0 Å². The van der Waals surface area contributed by atoms with Crippen LogP contribution in [0.15, 0.2) is 12.3 Å². The third kappa shape index (κ3) is 4.06. The molecule has 0 aliphatic carbocycles. The molecule has 1 aromatic heterocycles. The maximum absolute atomic E-state index is 11.8. The Balaban J connectivity index is 1.84. The highest BCUT2D eigenvalue weighted by Crippen LogP contribution is 2.18. The number of piperidine rings is 1. The summed E-state index contributed by atoms with van der Waals surface area (Å²) in [4.78, 5) is 32.7. The Morgan fingerprint density at radius 2 is 2.09 bits per heavy atom. The summed E-state index contributed by atoms with van der Waals surface area (Å²) in [5.74, 6) is -0.964. The predicted octanol–water partition coefficient (Wildman–Crippen LogP) is 0.418. The summed E-state index contributed by atoms with van der Waals surface area (Å²) in [7, 11) is 1.48. The number of ether oxygens (including phenoxy) is 3. The molecule has 8 nitrogen and oxygen atoms in total. The van der Waals surface area contributed by atoms with Crippen molar-refractivity contribution < 1.29 is 23.8 Å². The van der Waals surface area contributed by atoms with Crippen molar-refractivity contribution in [1.29, 1.82) is 0 Å². The molecule has 0 saturated carbocycles. The summed E-state index contributed by atoms with van der Waals surface area (Å²) in [6.45, 7) is 2.76. The first kappa shape index (κ1) is 16.0. The fourth-order valence-corrected chi connectivity index (χ4v) is 2.16. The molecule has 22 heavy (non-hydrogen) atoms. The van der Waals surface area contributed by atoms with Crippen molar-refractivity contribution in [3.8, 4) is 11.9 Å². The van der Waals surface area contributed by atoms with Gasteiger partial charge < -0.3 is 19.1 Å². The van der Waals surface area contributed by atoms with Crippen molar-refractivity contribution in [2.24, 2.45) is 0 Å². The quantitative estimate of drug-likeness (QED) is 0.588. The lowest BCUT2D eigenvalue weighted by Crippen LogP contribution is -2.45. The van der Waals surface area contributed by atoms with Crippen LogP contribution in [0.2, 0.25) is 0 Å². The average molecular weight is 309 g/mol. The molecule has 1 aliphatic heterocycles. The van der Waals surface area contributed by atoms with Gasteiger partial charge in [-0.05, 0) is 6.92 Å². The van der Waals surface area contributed by atoms with Gasteiger partial charge in [-0.15, -0.1) is 0 Å². The van der Waals surface area contributed by atoms with Crippen LogP contribution in [0.5, 0.6) is 11.9 Å². The van der Waals surface area contributed by atoms with Gasteiger partial charge in [-0.25, -0.2) is 9.78 Å². The maximum atomic E-state index is 11.8. The van der Waals surface area contributed by atoms with Crippen molar-refractivity contribution >= 4 is 11.9 Å². The van der Waals surface area contributed by atoms with E-state index >= 15 is 0 Å². The van der Waals surface area contributed by atoms with Crippen LogP contribution >= 0.6 is 0 Å². The van der Waals surface area contributed by atoms with Gasteiger partial charge in [-0.2, -0.15) is 4.98 Å². The minimum Gasteiger partial charge on any atom is -0.474 e. The Kier molecular flexibility index (Phi) is 5.51. The summed E-state index contributed by atoms with van der Waals surface area (Å²) in [5.41, 5.74) is 0. The van der Waals surface area contributed by atoms with E-state index in [1.807, 2.05) is 0 Å². The second-order valence-corrected chi connectivity index (χ2v) is 4.71. The van der Waals surface area contributed by atoms with E-state index in [4.69, 9.17) is 14.2 Å². The molecular weight excluding hydrogens is 290 g/mol. The number of amides is 1. The van der Waals surface area contributed by atoms with Crippen LogP contribution in [0, 0.1) is 0 Å². The molecule has 1 saturated heterocycles. The van der Waals surface area contributed by atoms with Crippen molar-refractivity contribution in [2.45, 2.75) is 25.9 Å². The highest BCUT2D eigenvalue weighted by molar-refractivity contribution is 6.32. The van der Waals surface area contributed by atoms with Gasteiger partial charge in [-0.3, -0.25) is 4.79 Å². The van der Waals surface area contributed by atoms with Gasteiger partial charge in [0.2, 0.25) is 5.88 Å². The fourth-order valence-electron chi connectivity index (χ4n) is 2.16. The van der Waals surface area contributed by atoms with Gasteiger partial charge in [-0.1, -0.05) is 0 Å². The normalized spacial score (nSPS) is 15.3. The number of hydrogen-bond acceptors (Lipinski definition) is 7. The molecule has 0 unspecified atom stereocenters. The summed E-state index contributed by atoms with van der Waals surface area (Å²) in [6, 6.07) is 1.89. The average Bonchev–Trinajstić information content (AvgIpc) is 2.55. The van der Waals surface area contributed by atoms with E-state index in [0.717, 1.165) is 0 Å². The highest BCUT2D eigenvalue weighted by atomic mass is 16.5. The number of likely N-dealkylation sites (tertiary alicyclic amines) is 1. The summed E-state index contributed by atoms with van der Waals surface area (Å²) < 4.78 is 15.4. The first-order valence-corrected chi connectivity index (χ1v) is 7.13. The van der Waals surface area contributed by atoms with E-state index in [2.05, 4.69) is 9.97 Å². The third-order valence-corrected chi connectivity index (χ3v) is 3.26. The molecule has 1 fully saturated rings. The van der Waals surface area contributed by atoms with Crippen molar-refractivity contribution in [1.82, 2.24) is 14.9 Å². The Morgan fingerprint density at radius 3 is 2.73 bits per heavy atom. The van der Waals surface area contributed by atoms with Crippen molar-refractivity contribution in [3.63, 3.8) is 0 Å². The SMILES string of the molecule is CCOC(=O)C(=O)N1CCC(Oc2ccnc(OC)n2)CC1. The number of nitrogens with zero attached hydrogens (tertiary/aromatic N) is 3. The van der Waals surface area contributed by atoms with Crippen molar-refractivity contribution in [2.75, 3.05) is 26.8 Å². The zero-order valence-corrected chi connectivity index (χ0v) is 12.7. The molecule has 1 aromatic rings. The summed E-state index contributed by atoms with van der Waals surface area (Å²) in [5, 5.41) is 0. The lowest BCUT2D eigenvalue weighted by Gasteiger charge is -2.31. The second kappa shape index (κ2) is 7.58. The van der Waals surface area contributed by atoms with Crippen molar-refractivity contribution in [3.05, 3.63) is 12.3 Å². The van der Waals surface area contributed by atoms with Gasteiger partial charge in [0.1, 0.15) is 6.10 Å². The monoisotopic (exact) mass is 309 g/mol. The van der Waals surface area contributed by atoms with E-state index in [1.54, 1.807) is 19.2 Å². The first-order valence-electron chi connectivity index (χ1n) is 7.13. The van der Waals surface area contributed by atoms with E-state index in [0.29, 0.717) is 31.8 Å². The minimum absolute atomic E-state index is 0.0640. The Bertz CT molecular complexity index is 529. The van der Waals surface area contributed by atoms with Crippen LogP contribution in [-0.2, 0) is 14.3 Å². The second-order valence-electron chi connectivity index (χ2n) is 4.71. The molecule has 0 N–H and O–H groups in total. The van der Waals surface area contributed by atoms with E-state index in [-0.39, 0.29) is 18.7 Å². The molecule has 0 spiro atoms. The largest absolute Gasteiger partial charge is 0.474 e. The molecule has 1 amide bonds. The van der Waals surface area contributed by atoms with Crippen LogP contribution in [0.1, 0.15) is 19.8 Å². The molecule has 1 aliphatic rings. The molecule has 0 aromatic carbocycles. The fraction of sp³-hybridized carbons (Fsp3) is 0.571. The van der Waals surface area contributed by atoms with Gasteiger partial charge in [0.05, 0.1) is 13.7 Å². The van der Waals surface area contributed by atoms with Gasteiger partial charge in [0, 0.05) is 38.2 Å². The van der Waals surface area contributed by atoms with E-state index in [9.17, 15) is 9.59 Å². The van der Waals surface area contributed by atoms with Gasteiger partial charge >= 0.3 is 17.9 Å². The number of carbonyl (C=O) groups excluding carboxylic acids is 2.